The molecule has 1 rings (SSSR count). The molecule has 0 bridgehead atoms. The number of ether oxygens (including phenoxy) is 2. The maximum Gasteiger partial charge on any atom is 0.122 e. The van der Waals surface area contributed by atoms with Crippen molar-refractivity contribution in [1.82, 2.24) is 0 Å². The minimum atomic E-state index is -0.0133. The van der Waals surface area contributed by atoms with Gasteiger partial charge in [0.25, 0.3) is 0 Å². The van der Waals surface area contributed by atoms with Crippen LogP contribution in [0.3, 0.4) is 0 Å². The third-order valence-corrected chi connectivity index (χ3v) is 2.86. The van der Waals surface area contributed by atoms with Gasteiger partial charge in [-0.25, -0.2) is 0 Å². The molecular formula is C13H20BrNO2. The zero-order valence-electron chi connectivity index (χ0n) is 10.6. The molecule has 0 amide bonds. The Kier molecular flexibility index (Phi) is 5.95. The number of halogens is 1. The fraction of sp³-hybridized carbons (Fsp3) is 0.538. The molecule has 0 heterocycles. The van der Waals surface area contributed by atoms with Gasteiger partial charge in [-0.15, -0.1) is 0 Å². The lowest BCUT2D eigenvalue weighted by Gasteiger charge is -2.16. The van der Waals surface area contributed by atoms with Gasteiger partial charge in [0.1, 0.15) is 5.75 Å². The van der Waals surface area contributed by atoms with Crippen LogP contribution in [0.25, 0.3) is 0 Å². The van der Waals surface area contributed by atoms with Crippen molar-refractivity contribution in [3.05, 3.63) is 28.2 Å². The van der Waals surface area contributed by atoms with Crippen molar-refractivity contribution in [3.8, 4) is 5.75 Å². The second-order valence-corrected chi connectivity index (χ2v) is 5.22. The first-order valence-electron chi connectivity index (χ1n) is 5.72. The van der Waals surface area contributed by atoms with E-state index in [2.05, 4.69) is 15.9 Å². The number of nitrogens with two attached hydrogens (primary N) is 1. The highest BCUT2D eigenvalue weighted by Crippen LogP contribution is 2.23. The molecule has 0 aliphatic carbocycles. The van der Waals surface area contributed by atoms with E-state index >= 15 is 0 Å². The summed E-state index contributed by atoms with van der Waals surface area (Å²) in [5, 5.41) is 0. The van der Waals surface area contributed by atoms with Gasteiger partial charge in [-0.1, -0.05) is 15.9 Å². The van der Waals surface area contributed by atoms with Crippen LogP contribution in [0.4, 0.5) is 0 Å². The van der Waals surface area contributed by atoms with Gasteiger partial charge in [-0.05, 0) is 44.0 Å². The summed E-state index contributed by atoms with van der Waals surface area (Å²) in [6.45, 7) is 4.58. The molecule has 3 nitrogen and oxygen atoms in total. The Bertz CT molecular complexity index is 355. The zero-order chi connectivity index (χ0) is 12.8. The van der Waals surface area contributed by atoms with Crippen molar-refractivity contribution in [3.63, 3.8) is 0 Å². The molecule has 0 aromatic heterocycles. The summed E-state index contributed by atoms with van der Waals surface area (Å²) in [5.41, 5.74) is 7.13. The van der Waals surface area contributed by atoms with Crippen LogP contribution in [0.5, 0.6) is 5.75 Å². The number of hydrogen-bond donors (Lipinski definition) is 1. The van der Waals surface area contributed by atoms with E-state index in [0.717, 1.165) is 22.2 Å². The normalized spacial score (nSPS) is 12.8. The molecule has 17 heavy (non-hydrogen) atoms. The van der Waals surface area contributed by atoms with Crippen LogP contribution in [-0.4, -0.2) is 25.9 Å². The van der Waals surface area contributed by atoms with E-state index in [1.807, 2.05) is 32.0 Å². The Morgan fingerprint density at radius 3 is 2.65 bits per heavy atom. The van der Waals surface area contributed by atoms with Gasteiger partial charge >= 0.3 is 0 Å². The van der Waals surface area contributed by atoms with Gasteiger partial charge in [-0.2, -0.15) is 0 Å². The van der Waals surface area contributed by atoms with E-state index in [4.69, 9.17) is 15.2 Å². The third-order valence-electron chi connectivity index (χ3n) is 2.37. The number of hydrogen-bond acceptors (Lipinski definition) is 3. The molecule has 1 aromatic rings. The van der Waals surface area contributed by atoms with Crippen molar-refractivity contribution in [2.75, 3.05) is 13.7 Å². The molecule has 4 heteroatoms. The second kappa shape index (κ2) is 6.99. The first kappa shape index (κ1) is 14.5. The van der Waals surface area contributed by atoms with Crippen LogP contribution >= 0.6 is 15.9 Å². The van der Waals surface area contributed by atoms with Crippen molar-refractivity contribution >= 4 is 15.9 Å². The van der Waals surface area contributed by atoms with E-state index in [1.54, 1.807) is 7.11 Å². The lowest BCUT2D eigenvalue weighted by Crippen LogP contribution is -2.30. The van der Waals surface area contributed by atoms with E-state index in [0.29, 0.717) is 6.61 Å². The predicted octanol–water partition coefficient (Wildman–Crippen LogP) is 2.75. The fourth-order valence-corrected chi connectivity index (χ4v) is 1.97. The SMILES string of the molecule is COc1ccc(Br)cc1CC(N)COC(C)C. The summed E-state index contributed by atoms with van der Waals surface area (Å²) in [7, 11) is 1.67. The monoisotopic (exact) mass is 301 g/mol. The molecule has 0 spiro atoms. The average molecular weight is 302 g/mol. The van der Waals surface area contributed by atoms with Crippen LogP contribution in [0, 0.1) is 0 Å². The Hall–Kier alpha value is -0.580. The highest BCUT2D eigenvalue weighted by atomic mass is 79.9. The smallest absolute Gasteiger partial charge is 0.122 e. The van der Waals surface area contributed by atoms with Gasteiger partial charge < -0.3 is 15.2 Å². The molecule has 1 unspecified atom stereocenters. The molecule has 2 N–H and O–H groups in total. The largest absolute Gasteiger partial charge is 0.496 e. The van der Waals surface area contributed by atoms with Crippen LogP contribution < -0.4 is 10.5 Å². The lowest BCUT2D eigenvalue weighted by atomic mass is 10.1. The molecular weight excluding hydrogens is 282 g/mol. The van der Waals surface area contributed by atoms with Gasteiger partial charge in [-0.3, -0.25) is 0 Å². The van der Waals surface area contributed by atoms with Gasteiger partial charge in [0.15, 0.2) is 0 Å². The summed E-state index contributed by atoms with van der Waals surface area (Å²) in [5.74, 6) is 0.869. The first-order valence-corrected chi connectivity index (χ1v) is 6.51. The maximum absolute atomic E-state index is 6.03. The first-order chi connectivity index (χ1) is 8.02. The second-order valence-electron chi connectivity index (χ2n) is 4.30. The summed E-state index contributed by atoms with van der Waals surface area (Å²) in [4.78, 5) is 0. The quantitative estimate of drug-likeness (QED) is 0.879. The molecule has 1 atom stereocenters. The Morgan fingerprint density at radius 2 is 2.06 bits per heavy atom. The Labute approximate surface area is 111 Å². The molecule has 0 fully saturated rings. The van der Waals surface area contributed by atoms with Crippen LogP contribution in [-0.2, 0) is 11.2 Å². The minimum absolute atomic E-state index is 0.0133. The van der Waals surface area contributed by atoms with E-state index < -0.39 is 0 Å². The molecule has 0 radical (unpaired) electrons. The highest BCUT2D eigenvalue weighted by Gasteiger charge is 2.10. The summed E-state index contributed by atoms with van der Waals surface area (Å²) < 4.78 is 11.8. The van der Waals surface area contributed by atoms with Gasteiger partial charge in [0, 0.05) is 10.5 Å². The van der Waals surface area contributed by atoms with E-state index in [1.165, 1.54) is 0 Å². The minimum Gasteiger partial charge on any atom is -0.496 e. The van der Waals surface area contributed by atoms with Crippen LogP contribution in [0.15, 0.2) is 22.7 Å². The van der Waals surface area contributed by atoms with E-state index in [-0.39, 0.29) is 12.1 Å². The van der Waals surface area contributed by atoms with Crippen molar-refractivity contribution < 1.29 is 9.47 Å². The standard InChI is InChI=1S/C13H20BrNO2/c1-9(2)17-8-12(15)7-10-6-11(14)4-5-13(10)16-3/h4-6,9,12H,7-8,15H2,1-3H3. The van der Waals surface area contributed by atoms with Crippen molar-refractivity contribution in [2.45, 2.75) is 32.4 Å². The summed E-state index contributed by atoms with van der Waals surface area (Å²) >= 11 is 3.45. The topological polar surface area (TPSA) is 44.5 Å². The lowest BCUT2D eigenvalue weighted by molar-refractivity contribution is 0.0683. The van der Waals surface area contributed by atoms with Crippen molar-refractivity contribution in [1.29, 1.82) is 0 Å². The number of benzene rings is 1. The predicted molar refractivity (Wildman–Crippen MR) is 73.5 cm³/mol. The summed E-state index contributed by atoms with van der Waals surface area (Å²) in [6.07, 6.45) is 0.959. The molecule has 0 saturated heterocycles. The molecule has 0 aliphatic heterocycles. The van der Waals surface area contributed by atoms with Gasteiger partial charge in [0.2, 0.25) is 0 Å². The Balaban J connectivity index is 2.63. The Morgan fingerprint density at radius 1 is 1.35 bits per heavy atom. The fourth-order valence-electron chi connectivity index (χ4n) is 1.56. The molecule has 96 valence electrons. The summed E-state index contributed by atoms with van der Waals surface area (Å²) in [6, 6.07) is 5.92. The van der Waals surface area contributed by atoms with Gasteiger partial charge in [0.05, 0.1) is 19.8 Å². The van der Waals surface area contributed by atoms with Crippen molar-refractivity contribution in [2.24, 2.45) is 5.73 Å². The van der Waals surface area contributed by atoms with Crippen LogP contribution in [0.1, 0.15) is 19.4 Å². The van der Waals surface area contributed by atoms with E-state index in [9.17, 15) is 0 Å². The number of rotatable bonds is 6. The molecule has 0 aliphatic rings. The zero-order valence-corrected chi connectivity index (χ0v) is 12.2. The third kappa shape index (κ3) is 5.06. The molecule has 1 aromatic carbocycles. The molecule has 0 saturated carbocycles. The highest BCUT2D eigenvalue weighted by molar-refractivity contribution is 9.10. The maximum atomic E-state index is 6.03. The number of methoxy groups -OCH3 is 1. The van der Waals surface area contributed by atoms with Crippen LogP contribution in [0.2, 0.25) is 0 Å². The average Bonchev–Trinajstić information content (AvgIpc) is 2.27.